The summed E-state index contributed by atoms with van der Waals surface area (Å²) in [5.41, 5.74) is 1.59. The van der Waals surface area contributed by atoms with E-state index in [0.29, 0.717) is 27.7 Å². The van der Waals surface area contributed by atoms with Gasteiger partial charge in [0.1, 0.15) is 22.7 Å². The van der Waals surface area contributed by atoms with Crippen LogP contribution in [-0.4, -0.2) is 11.7 Å². The molecule has 0 amide bonds. The van der Waals surface area contributed by atoms with Gasteiger partial charge in [0.05, 0.1) is 34.4 Å². The molecule has 0 spiro atoms. The molecule has 1 aliphatic rings. The molecule has 1 N–H and O–H groups in total. The number of fused-ring (bicyclic) bond motifs is 4. The lowest BCUT2D eigenvalue weighted by Gasteiger charge is -2.14. The highest BCUT2D eigenvalue weighted by atomic mass is 16.5. The fourth-order valence-corrected chi connectivity index (χ4v) is 4.63. The lowest BCUT2D eigenvalue weighted by molar-refractivity contribution is 0.339. The lowest BCUT2D eigenvalue weighted by atomic mass is 9.91. The second-order valence-electron chi connectivity index (χ2n) is 8.90. The highest BCUT2D eigenvalue weighted by molar-refractivity contribution is 5.90. The first-order valence-corrected chi connectivity index (χ1v) is 10.8. The van der Waals surface area contributed by atoms with E-state index in [1.54, 1.807) is 6.07 Å². The van der Waals surface area contributed by atoms with Gasteiger partial charge in [-0.25, -0.2) is 9.59 Å². The number of ether oxygens (including phenoxy) is 1. The summed E-state index contributed by atoms with van der Waals surface area (Å²) in [7, 11) is 0. The molecule has 2 aromatic carbocycles. The van der Waals surface area contributed by atoms with Crippen molar-refractivity contribution in [2.75, 3.05) is 6.61 Å². The first kappa shape index (κ1) is 20.4. The number of benzene rings is 2. The number of hydrogen-bond acceptors (Lipinski definition) is 6. The van der Waals surface area contributed by atoms with Crippen LogP contribution in [0.2, 0.25) is 0 Å². The average Bonchev–Trinajstić information content (AvgIpc) is 3.18. The number of aromatic hydroxyl groups is 1. The Labute approximate surface area is 184 Å². The van der Waals surface area contributed by atoms with Crippen molar-refractivity contribution < 1.29 is 18.7 Å². The summed E-state index contributed by atoms with van der Waals surface area (Å²) < 4.78 is 17.3. The molecule has 3 heterocycles. The average molecular weight is 432 g/mol. The van der Waals surface area contributed by atoms with Gasteiger partial charge in [-0.3, -0.25) is 0 Å². The molecule has 4 aromatic rings. The zero-order valence-corrected chi connectivity index (χ0v) is 18.4. The van der Waals surface area contributed by atoms with E-state index in [4.69, 9.17) is 13.6 Å². The minimum atomic E-state index is -0.781. The van der Waals surface area contributed by atoms with Crippen LogP contribution in [0.1, 0.15) is 67.7 Å². The van der Waals surface area contributed by atoms with E-state index in [-0.39, 0.29) is 35.3 Å². The first-order valence-electron chi connectivity index (χ1n) is 10.8. The first-order chi connectivity index (χ1) is 15.3. The lowest BCUT2D eigenvalue weighted by Crippen LogP contribution is -2.19. The van der Waals surface area contributed by atoms with E-state index in [2.05, 4.69) is 0 Å². The van der Waals surface area contributed by atoms with E-state index in [0.717, 1.165) is 11.1 Å². The summed E-state index contributed by atoms with van der Waals surface area (Å²) in [5, 5.41) is 12.2. The number of para-hydroxylation sites is 2. The Bertz CT molecular complexity index is 1490. The van der Waals surface area contributed by atoms with Crippen molar-refractivity contribution in [1.29, 1.82) is 0 Å². The van der Waals surface area contributed by atoms with Gasteiger partial charge in [-0.2, -0.15) is 0 Å². The molecule has 0 fully saturated rings. The van der Waals surface area contributed by atoms with E-state index in [1.807, 2.05) is 58.0 Å². The summed E-state index contributed by atoms with van der Waals surface area (Å²) in [6.07, 6.45) is 0. The predicted octanol–water partition coefficient (Wildman–Crippen LogP) is 5.38. The second-order valence-corrected chi connectivity index (χ2v) is 8.90. The predicted molar refractivity (Wildman–Crippen MR) is 122 cm³/mol. The van der Waals surface area contributed by atoms with Crippen LogP contribution < -0.4 is 16.0 Å². The smallest absolute Gasteiger partial charge is 0.344 e. The van der Waals surface area contributed by atoms with Crippen molar-refractivity contribution in [2.45, 2.75) is 45.4 Å². The summed E-state index contributed by atoms with van der Waals surface area (Å²) in [4.78, 5) is 26.1. The summed E-state index contributed by atoms with van der Waals surface area (Å²) >= 11 is 0. The van der Waals surface area contributed by atoms with E-state index < -0.39 is 17.2 Å². The Hall–Kier alpha value is -3.54. The number of hydrogen-bond donors (Lipinski definition) is 1. The largest absolute Gasteiger partial charge is 0.507 e. The van der Waals surface area contributed by atoms with Gasteiger partial charge in [-0.1, -0.05) is 52.0 Å². The summed E-state index contributed by atoms with van der Waals surface area (Å²) in [6, 6.07) is 11.0. The molecule has 32 heavy (non-hydrogen) atoms. The SMILES string of the molecule is CC(C)c1cccc2c(O)c(C3COc4c3c(=O)oc3c(C(C)C)cccc43)c(=O)oc12. The minimum Gasteiger partial charge on any atom is -0.507 e. The molecule has 0 radical (unpaired) electrons. The van der Waals surface area contributed by atoms with Gasteiger partial charge in [-0.15, -0.1) is 0 Å². The fourth-order valence-electron chi connectivity index (χ4n) is 4.63. The highest BCUT2D eigenvalue weighted by Gasteiger charge is 2.37. The topological polar surface area (TPSA) is 89.9 Å². The minimum absolute atomic E-state index is 0.0174. The van der Waals surface area contributed by atoms with Crippen LogP contribution in [0.25, 0.3) is 21.9 Å². The van der Waals surface area contributed by atoms with E-state index >= 15 is 0 Å². The monoisotopic (exact) mass is 432 g/mol. The van der Waals surface area contributed by atoms with Crippen molar-refractivity contribution >= 4 is 21.9 Å². The van der Waals surface area contributed by atoms with Crippen LogP contribution >= 0.6 is 0 Å². The molecule has 1 atom stereocenters. The van der Waals surface area contributed by atoms with Gasteiger partial charge in [0.2, 0.25) is 0 Å². The zero-order valence-electron chi connectivity index (χ0n) is 18.4. The van der Waals surface area contributed by atoms with Crippen LogP contribution in [0.5, 0.6) is 11.5 Å². The van der Waals surface area contributed by atoms with Gasteiger partial charge < -0.3 is 18.7 Å². The Balaban J connectivity index is 1.77. The molecule has 0 saturated carbocycles. The molecule has 1 aliphatic heterocycles. The third kappa shape index (κ3) is 2.86. The van der Waals surface area contributed by atoms with Crippen molar-refractivity contribution in [1.82, 2.24) is 0 Å². The fraction of sp³-hybridized carbons (Fsp3) is 0.308. The van der Waals surface area contributed by atoms with Crippen LogP contribution in [-0.2, 0) is 0 Å². The Morgan fingerprint density at radius 2 is 1.34 bits per heavy atom. The zero-order chi connectivity index (χ0) is 22.7. The van der Waals surface area contributed by atoms with Crippen molar-refractivity contribution in [2.24, 2.45) is 0 Å². The van der Waals surface area contributed by atoms with Crippen LogP contribution in [0, 0.1) is 0 Å². The van der Waals surface area contributed by atoms with Gasteiger partial charge in [-0.05, 0) is 35.1 Å². The molecule has 1 unspecified atom stereocenters. The quantitative estimate of drug-likeness (QED) is 0.438. The molecule has 0 saturated heterocycles. The molecule has 164 valence electrons. The maximum absolute atomic E-state index is 13.1. The van der Waals surface area contributed by atoms with Gasteiger partial charge >= 0.3 is 11.3 Å². The molecule has 0 aliphatic carbocycles. The molecular weight excluding hydrogens is 408 g/mol. The van der Waals surface area contributed by atoms with Gasteiger partial charge in [0.15, 0.2) is 0 Å². The van der Waals surface area contributed by atoms with Crippen LogP contribution in [0.15, 0.2) is 54.8 Å². The molecule has 6 heteroatoms. The van der Waals surface area contributed by atoms with Gasteiger partial charge in [0.25, 0.3) is 0 Å². The molecular formula is C26H24O6. The van der Waals surface area contributed by atoms with E-state index in [1.165, 1.54) is 0 Å². The highest BCUT2D eigenvalue weighted by Crippen LogP contribution is 2.44. The maximum Gasteiger partial charge on any atom is 0.344 e. The van der Waals surface area contributed by atoms with Gasteiger partial charge in [0, 0.05) is 0 Å². The van der Waals surface area contributed by atoms with E-state index in [9.17, 15) is 14.7 Å². The standard InChI is InChI=1S/C26H24O6/c1-12(2)14-7-5-9-16-21(27)19(25(28)31-22(14)16)18-11-30-24-17-10-6-8-15(13(3)4)23(17)32-26(29)20(18)24/h5-10,12-13,18,27H,11H2,1-4H3. The molecule has 5 rings (SSSR count). The third-order valence-corrected chi connectivity index (χ3v) is 6.26. The second kappa shape index (κ2) is 7.26. The third-order valence-electron chi connectivity index (χ3n) is 6.26. The Morgan fingerprint density at radius 3 is 1.94 bits per heavy atom. The molecule has 0 bridgehead atoms. The normalized spacial score (nSPS) is 15.6. The number of rotatable bonds is 3. The summed E-state index contributed by atoms with van der Waals surface area (Å²) in [6.45, 7) is 8.06. The van der Waals surface area contributed by atoms with Crippen LogP contribution in [0.3, 0.4) is 0 Å². The Morgan fingerprint density at radius 1 is 0.812 bits per heavy atom. The molecule has 6 nitrogen and oxygen atoms in total. The van der Waals surface area contributed by atoms with Crippen molar-refractivity contribution in [3.63, 3.8) is 0 Å². The Kier molecular flexibility index (Phi) is 4.62. The summed E-state index contributed by atoms with van der Waals surface area (Å²) in [5.74, 6) is -0.300. The van der Waals surface area contributed by atoms with Crippen molar-refractivity contribution in [3.05, 3.63) is 79.5 Å². The van der Waals surface area contributed by atoms with Crippen LogP contribution in [0.4, 0.5) is 0 Å². The maximum atomic E-state index is 13.1. The molecule has 2 aromatic heterocycles. The van der Waals surface area contributed by atoms with Crippen molar-refractivity contribution in [3.8, 4) is 11.5 Å².